The second kappa shape index (κ2) is 7.07. The van der Waals surface area contributed by atoms with E-state index >= 15 is 0 Å². The van der Waals surface area contributed by atoms with Gasteiger partial charge in [0.1, 0.15) is 17.5 Å². The second-order valence-corrected chi connectivity index (χ2v) is 7.34. The highest BCUT2D eigenvalue weighted by molar-refractivity contribution is 7.09. The van der Waals surface area contributed by atoms with Gasteiger partial charge in [0.05, 0.1) is 5.69 Å². The maximum absolute atomic E-state index is 9.51. The van der Waals surface area contributed by atoms with Crippen LogP contribution in [-0.4, -0.2) is 57.4 Å². The molecule has 4 rings (SSSR count). The Morgan fingerprint density at radius 2 is 2.28 bits per heavy atom. The molecule has 1 aliphatic heterocycles. The lowest BCUT2D eigenvalue weighted by Gasteiger charge is -2.41. The molecule has 1 N–H and O–H groups in total. The number of aliphatic hydroxyl groups is 1. The molecule has 0 saturated carbocycles. The maximum atomic E-state index is 9.51. The van der Waals surface area contributed by atoms with Crippen LogP contribution in [0.1, 0.15) is 17.0 Å². The quantitative estimate of drug-likeness (QED) is 0.747. The average Bonchev–Trinajstić information content (AvgIpc) is 3.27. The van der Waals surface area contributed by atoms with Crippen molar-refractivity contribution in [2.75, 3.05) is 31.1 Å². The van der Waals surface area contributed by atoms with Crippen LogP contribution in [0.4, 0.5) is 5.82 Å². The number of fused-ring (bicyclic) bond motifs is 1. The first-order valence-corrected chi connectivity index (χ1v) is 9.33. The van der Waals surface area contributed by atoms with Crippen LogP contribution in [0.3, 0.4) is 0 Å². The van der Waals surface area contributed by atoms with Crippen LogP contribution in [-0.2, 0) is 6.54 Å². The fourth-order valence-corrected chi connectivity index (χ4v) is 4.19. The topological polar surface area (TPSA) is 78.5 Å². The Morgan fingerprint density at radius 3 is 3.08 bits per heavy atom. The number of hydrogen-bond donors (Lipinski definition) is 1. The van der Waals surface area contributed by atoms with E-state index in [1.807, 2.05) is 6.92 Å². The zero-order valence-electron chi connectivity index (χ0n) is 14.1. The van der Waals surface area contributed by atoms with E-state index in [0.29, 0.717) is 5.71 Å². The number of aliphatic hydroxyl groups excluding tert-OH is 1. The first-order valence-electron chi connectivity index (χ1n) is 8.45. The van der Waals surface area contributed by atoms with E-state index in [1.54, 1.807) is 11.3 Å². The smallest absolute Gasteiger partial charge is 0.263 e. The Balaban J connectivity index is 1.57. The molecule has 1 saturated heterocycles. The molecule has 0 aromatic carbocycles. The zero-order valence-corrected chi connectivity index (χ0v) is 14.9. The van der Waals surface area contributed by atoms with Crippen molar-refractivity contribution in [3.8, 4) is 0 Å². The van der Waals surface area contributed by atoms with E-state index < -0.39 is 0 Å². The summed E-state index contributed by atoms with van der Waals surface area (Å²) in [6.45, 7) is 5.66. The molecule has 132 valence electrons. The van der Waals surface area contributed by atoms with Gasteiger partial charge in [0.15, 0.2) is 0 Å². The minimum absolute atomic E-state index is 0.185. The highest BCUT2D eigenvalue weighted by atomic mass is 32.1. The van der Waals surface area contributed by atoms with Gasteiger partial charge >= 0.3 is 0 Å². The van der Waals surface area contributed by atoms with Crippen LogP contribution in [0.15, 0.2) is 28.4 Å². The molecule has 7 nitrogen and oxygen atoms in total. The van der Waals surface area contributed by atoms with Gasteiger partial charge in [-0.2, -0.15) is 4.98 Å². The first kappa shape index (κ1) is 16.4. The minimum Gasteiger partial charge on any atom is -0.396 e. The van der Waals surface area contributed by atoms with E-state index in [2.05, 4.69) is 42.4 Å². The predicted molar refractivity (Wildman–Crippen MR) is 96.8 cm³/mol. The SMILES string of the molecule is Cc1noc2ncnc(N3CCN(Cc4cccs4)[C@@H](CCO)C3)c12. The van der Waals surface area contributed by atoms with Gasteiger partial charge in [-0.15, -0.1) is 11.3 Å². The monoisotopic (exact) mass is 359 g/mol. The third kappa shape index (κ3) is 3.24. The van der Waals surface area contributed by atoms with Crippen LogP contribution < -0.4 is 4.90 Å². The van der Waals surface area contributed by atoms with Gasteiger partial charge in [0.25, 0.3) is 5.71 Å². The molecule has 0 aliphatic carbocycles. The lowest BCUT2D eigenvalue weighted by atomic mass is 10.1. The summed E-state index contributed by atoms with van der Waals surface area (Å²) in [5.74, 6) is 0.877. The molecule has 0 unspecified atom stereocenters. The summed E-state index contributed by atoms with van der Waals surface area (Å²) in [6, 6.07) is 4.54. The number of hydrogen-bond acceptors (Lipinski definition) is 8. The number of aryl methyl sites for hydroxylation is 1. The van der Waals surface area contributed by atoms with Crippen molar-refractivity contribution in [3.05, 3.63) is 34.4 Å². The van der Waals surface area contributed by atoms with Crippen LogP contribution in [0.5, 0.6) is 0 Å². The minimum atomic E-state index is 0.185. The average molecular weight is 359 g/mol. The van der Waals surface area contributed by atoms with Crippen molar-refractivity contribution < 1.29 is 9.63 Å². The van der Waals surface area contributed by atoms with E-state index in [-0.39, 0.29) is 12.6 Å². The Kier molecular flexibility index (Phi) is 4.65. The maximum Gasteiger partial charge on any atom is 0.263 e. The van der Waals surface area contributed by atoms with Gasteiger partial charge in [-0.05, 0) is 24.8 Å². The van der Waals surface area contributed by atoms with E-state index in [9.17, 15) is 5.11 Å². The van der Waals surface area contributed by atoms with Crippen molar-refractivity contribution in [1.29, 1.82) is 0 Å². The largest absolute Gasteiger partial charge is 0.396 e. The van der Waals surface area contributed by atoms with E-state index in [4.69, 9.17) is 4.52 Å². The van der Waals surface area contributed by atoms with Crippen LogP contribution in [0, 0.1) is 6.92 Å². The molecule has 1 aliphatic rings. The van der Waals surface area contributed by atoms with E-state index in [1.165, 1.54) is 11.2 Å². The van der Waals surface area contributed by atoms with Crippen LogP contribution in [0.2, 0.25) is 0 Å². The summed E-state index contributed by atoms with van der Waals surface area (Å²) >= 11 is 1.78. The third-order valence-corrected chi connectivity index (χ3v) is 5.59. The summed E-state index contributed by atoms with van der Waals surface area (Å²) in [7, 11) is 0. The number of rotatable bonds is 5. The van der Waals surface area contributed by atoms with E-state index in [0.717, 1.165) is 49.5 Å². The summed E-state index contributed by atoms with van der Waals surface area (Å²) in [5, 5.41) is 16.5. The lowest BCUT2D eigenvalue weighted by molar-refractivity contribution is 0.136. The standard InChI is InChI=1S/C17H21N5O2S/c1-12-15-16(18-11-19-17(15)24-20-12)22-6-5-21(13(9-22)4-7-23)10-14-3-2-8-25-14/h2-3,8,11,13,23H,4-7,9-10H2,1H3/t13-/m0/s1. The van der Waals surface area contributed by atoms with Crippen molar-refractivity contribution in [2.24, 2.45) is 0 Å². The van der Waals surface area contributed by atoms with Gasteiger partial charge in [-0.3, -0.25) is 4.90 Å². The zero-order chi connectivity index (χ0) is 17.2. The molecule has 25 heavy (non-hydrogen) atoms. The molecule has 1 fully saturated rings. The number of thiophene rings is 1. The normalized spacial score (nSPS) is 19.0. The second-order valence-electron chi connectivity index (χ2n) is 6.31. The van der Waals surface area contributed by atoms with Gasteiger partial charge in [0.2, 0.25) is 0 Å². The Morgan fingerprint density at radius 1 is 1.36 bits per heavy atom. The predicted octanol–water partition coefficient (Wildman–Crippen LogP) is 2.06. The van der Waals surface area contributed by atoms with Crippen molar-refractivity contribution >= 4 is 28.3 Å². The number of anilines is 1. The van der Waals surface area contributed by atoms with Gasteiger partial charge in [-0.1, -0.05) is 11.2 Å². The summed E-state index contributed by atoms with van der Waals surface area (Å²) in [6.07, 6.45) is 2.28. The van der Waals surface area contributed by atoms with Crippen LogP contribution >= 0.6 is 11.3 Å². The Labute approximate surface area is 149 Å². The molecule has 0 spiro atoms. The molecule has 0 amide bonds. The number of piperazine rings is 1. The molecular formula is C17H21N5O2S. The molecule has 3 aromatic heterocycles. The number of nitrogens with zero attached hydrogens (tertiary/aromatic N) is 5. The Hall–Kier alpha value is -2.03. The molecular weight excluding hydrogens is 338 g/mol. The van der Waals surface area contributed by atoms with Crippen molar-refractivity contribution in [3.63, 3.8) is 0 Å². The fourth-order valence-electron chi connectivity index (χ4n) is 3.46. The van der Waals surface area contributed by atoms with Gasteiger partial charge < -0.3 is 14.5 Å². The summed E-state index contributed by atoms with van der Waals surface area (Å²) in [5.41, 5.74) is 1.34. The highest BCUT2D eigenvalue weighted by Crippen LogP contribution is 2.28. The molecule has 0 bridgehead atoms. The third-order valence-electron chi connectivity index (χ3n) is 4.73. The molecule has 0 radical (unpaired) electrons. The molecule has 1 atom stereocenters. The fraction of sp³-hybridized carbons (Fsp3) is 0.471. The number of aromatic nitrogens is 3. The lowest BCUT2D eigenvalue weighted by Crippen LogP contribution is -2.53. The van der Waals surface area contributed by atoms with Gasteiger partial charge in [0, 0.05) is 43.7 Å². The molecule has 8 heteroatoms. The molecule has 3 aromatic rings. The highest BCUT2D eigenvalue weighted by Gasteiger charge is 2.29. The van der Waals surface area contributed by atoms with Crippen molar-refractivity contribution in [2.45, 2.75) is 25.9 Å². The van der Waals surface area contributed by atoms with Crippen LogP contribution in [0.25, 0.3) is 11.1 Å². The summed E-state index contributed by atoms with van der Waals surface area (Å²) < 4.78 is 5.27. The first-order chi connectivity index (χ1) is 12.3. The summed E-state index contributed by atoms with van der Waals surface area (Å²) in [4.78, 5) is 14.7. The molecule has 4 heterocycles. The van der Waals surface area contributed by atoms with Crippen molar-refractivity contribution in [1.82, 2.24) is 20.0 Å². The Bertz CT molecular complexity index is 835. The van der Waals surface area contributed by atoms with Gasteiger partial charge in [-0.25, -0.2) is 4.98 Å².